The van der Waals surface area contributed by atoms with Gasteiger partial charge in [0.2, 0.25) is 5.91 Å². The number of hydrogen-bond donors (Lipinski definition) is 4. The second-order valence-electron chi connectivity index (χ2n) is 9.12. The summed E-state index contributed by atoms with van der Waals surface area (Å²) in [6.07, 6.45) is -1.48. The van der Waals surface area contributed by atoms with Gasteiger partial charge in [-0.05, 0) is 48.9 Å². The SMILES string of the molecule is COCC(CO)OCCNC(=O)C1=Cc2c(ncnc2Nc2ccc(Oc3cccc(C(F)(F)F)c3)c(Cl)c2)NCC1. The zero-order valence-electron chi connectivity index (χ0n) is 22.5. The Labute approximate surface area is 244 Å². The van der Waals surface area contributed by atoms with Crippen molar-refractivity contribution in [3.05, 3.63) is 70.5 Å². The maximum atomic E-state index is 13.0. The quantitative estimate of drug-likeness (QED) is 0.210. The largest absolute Gasteiger partial charge is 0.456 e. The summed E-state index contributed by atoms with van der Waals surface area (Å²) >= 11 is 6.39. The molecule has 10 nitrogen and oxygen atoms in total. The van der Waals surface area contributed by atoms with Crippen molar-refractivity contribution in [2.45, 2.75) is 18.7 Å². The maximum Gasteiger partial charge on any atom is 0.416 e. The van der Waals surface area contributed by atoms with E-state index in [1.807, 2.05) is 0 Å². The van der Waals surface area contributed by atoms with E-state index in [2.05, 4.69) is 25.9 Å². The third-order valence-corrected chi connectivity index (χ3v) is 6.36. The van der Waals surface area contributed by atoms with Crippen molar-refractivity contribution in [1.82, 2.24) is 15.3 Å². The molecule has 0 radical (unpaired) electrons. The standard InChI is InChI=1S/C28H29ClF3N5O5/c1-40-15-21(14-38)41-10-9-34-27(39)17-7-8-33-25-22(11-17)26(36-16-35-25)37-19-5-6-24(23(29)13-19)42-20-4-2-3-18(12-20)28(30,31)32/h2-6,11-13,16,21,38H,7-10,14-15H2,1H3,(H,34,39)(H2,33,35,36,37). The molecule has 0 aliphatic carbocycles. The van der Waals surface area contributed by atoms with Crippen molar-refractivity contribution in [1.29, 1.82) is 0 Å². The van der Waals surface area contributed by atoms with Crippen LogP contribution < -0.4 is 20.7 Å². The third kappa shape index (κ3) is 8.32. The van der Waals surface area contributed by atoms with Crippen LogP contribution in [0.3, 0.4) is 0 Å². The molecule has 0 bridgehead atoms. The topological polar surface area (TPSA) is 127 Å². The highest BCUT2D eigenvalue weighted by Gasteiger charge is 2.30. The van der Waals surface area contributed by atoms with Crippen LogP contribution in [0.5, 0.6) is 11.5 Å². The number of fused-ring (bicyclic) bond motifs is 1. The van der Waals surface area contributed by atoms with E-state index in [4.69, 9.17) is 25.8 Å². The second-order valence-corrected chi connectivity index (χ2v) is 9.52. The van der Waals surface area contributed by atoms with Crippen molar-refractivity contribution in [2.24, 2.45) is 0 Å². The summed E-state index contributed by atoms with van der Waals surface area (Å²) in [5, 5.41) is 18.6. The number of carbonyl (C=O) groups is 1. The van der Waals surface area contributed by atoms with E-state index in [-0.39, 0.29) is 48.8 Å². The van der Waals surface area contributed by atoms with E-state index in [1.54, 1.807) is 18.2 Å². The second kappa shape index (κ2) is 14.3. The van der Waals surface area contributed by atoms with Gasteiger partial charge in [-0.3, -0.25) is 4.79 Å². The first-order valence-corrected chi connectivity index (χ1v) is 13.3. The first-order chi connectivity index (χ1) is 20.2. The summed E-state index contributed by atoms with van der Waals surface area (Å²) in [5.74, 6) is 0.801. The Morgan fingerprint density at radius 3 is 2.79 bits per heavy atom. The summed E-state index contributed by atoms with van der Waals surface area (Å²) in [5.41, 5.74) is 0.738. The third-order valence-electron chi connectivity index (χ3n) is 6.06. The fourth-order valence-electron chi connectivity index (χ4n) is 4.02. The minimum absolute atomic E-state index is 0.00896. The van der Waals surface area contributed by atoms with Gasteiger partial charge >= 0.3 is 6.18 Å². The summed E-state index contributed by atoms with van der Waals surface area (Å²) in [7, 11) is 1.51. The summed E-state index contributed by atoms with van der Waals surface area (Å²) < 4.78 is 55.2. The molecule has 1 amide bonds. The molecule has 3 aromatic rings. The van der Waals surface area contributed by atoms with Crippen molar-refractivity contribution in [3.8, 4) is 11.5 Å². The van der Waals surface area contributed by atoms with Crippen LogP contribution in [-0.4, -0.2) is 67.1 Å². The van der Waals surface area contributed by atoms with E-state index < -0.39 is 17.8 Å². The van der Waals surface area contributed by atoms with Crippen LogP contribution in [0.15, 0.2) is 54.4 Å². The van der Waals surface area contributed by atoms with Gasteiger partial charge < -0.3 is 35.3 Å². The van der Waals surface area contributed by atoms with Gasteiger partial charge in [-0.1, -0.05) is 17.7 Å². The Kier molecular flexibility index (Phi) is 10.6. The smallest absolute Gasteiger partial charge is 0.416 e. The van der Waals surface area contributed by atoms with Gasteiger partial charge in [0.15, 0.2) is 0 Å². The van der Waals surface area contributed by atoms with E-state index >= 15 is 0 Å². The summed E-state index contributed by atoms with van der Waals surface area (Å²) in [4.78, 5) is 21.5. The Morgan fingerprint density at radius 1 is 1.21 bits per heavy atom. The molecule has 1 unspecified atom stereocenters. The van der Waals surface area contributed by atoms with Gasteiger partial charge in [-0.15, -0.1) is 0 Å². The van der Waals surface area contributed by atoms with Crippen molar-refractivity contribution in [2.75, 3.05) is 50.7 Å². The van der Waals surface area contributed by atoms with Crippen molar-refractivity contribution < 1.29 is 37.3 Å². The van der Waals surface area contributed by atoms with Gasteiger partial charge in [0, 0.05) is 31.5 Å². The highest BCUT2D eigenvalue weighted by Crippen LogP contribution is 2.36. The van der Waals surface area contributed by atoms with Gasteiger partial charge in [-0.25, -0.2) is 9.97 Å². The first kappa shape index (κ1) is 31.0. The number of aliphatic hydroxyl groups is 1. The minimum Gasteiger partial charge on any atom is -0.456 e. The van der Waals surface area contributed by atoms with Gasteiger partial charge in [-0.2, -0.15) is 13.2 Å². The van der Waals surface area contributed by atoms with Crippen LogP contribution in [0.4, 0.5) is 30.5 Å². The molecule has 2 aromatic carbocycles. The average Bonchev–Trinajstić information content (AvgIpc) is 3.19. The molecule has 0 spiro atoms. The first-order valence-electron chi connectivity index (χ1n) is 12.9. The normalized spacial score (nSPS) is 13.7. The molecule has 2 heterocycles. The fraction of sp³-hybridized carbons (Fsp3) is 0.321. The predicted octanol–water partition coefficient (Wildman–Crippen LogP) is 5.02. The minimum atomic E-state index is -4.50. The number of ether oxygens (including phenoxy) is 3. The number of rotatable bonds is 12. The molecule has 1 aromatic heterocycles. The maximum absolute atomic E-state index is 13.0. The molecule has 0 fully saturated rings. The number of anilines is 3. The number of nitrogens with zero attached hydrogens (tertiary/aromatic N) is 2. The van der Waals surface area contributed by atoms with Gasteiger partial charge in [0.05, 0.1) is 36.0 Å². The summed E-state index contributed by atoms with van der Waals surface area (Å²) in [6.45, 7) is 0.951. The van der Waals surface area contributed by atoms with Crippen LogP contribution >= 0.6 is 11.6 Å². The number of carbonyl (C=O) groups excluding carboxylic acids is 1. The van der Waals surface area contributed by atoms with E-state index in [0.717, 1.165) is 12.1 Å². The molecular weight excluding hydrogens is 579 g/mol. The highest BCUT2D eigenvalue weighted by atomic mass is 35.5. The van der Waals surface area contributed by atoms with Crippen LogP contribution in [0, 0.1) is 0 Å². The Morgan fingerprint density at radius 2 is 2.05 bits per heavy atom. The summed E-state index contributed by atoms with van der Waals surface area (Å²) in [6, 6.07) is 9.21. The van der Waals surface area contributed by atoms with Crippen LogP contribution in [0.1, 0.15) is 17.5 Å². The molecule has 1 aliphatic heterocycles. The number of alkyl halides is 3. The average molecular weight is 608 g/mol. The predicted molar refractivity (Wildman–Crippen MR) is 151 cm³/mol. The zero-order chi connectivity index (χ0) is 30.1. The molecule has 14 heteroatoms. The molecule has 42 heavy (non-hydrogen) atoms. The van der Waals surface area contributed by atoms with Crippen LogP contribution in [0.25, 0.3) is 6.08 Å². The molecule has 0 saturated carbocycles. The fourth-order valence-corrected chi connectivity index (χ4v) is 4.24. The molecule has 4 rings (SSSR count). The lowest BCUT2D eigenvalue weighted by atomic mass is 10.1. The lowest BCUT2D eigenvalue weighted by Gasteiger charge is -2.15. The molecule has 1 atom stereocenters. The molecular formula is C28H29ClF3N5O5. The van der Waals surface area contributed by atoms with Crippen LogP contribution in [0.2, 0.25) is 5.02 Å². The Hall–Kier alpha value is -3.91. The lowest BCUT2D eigenvalue weighted by molar-refractivity contribution is -0.137. The molecule has 0 saturated heterocycles. The number of nitrogens with one attached hydrogen (secondary N) is 3. The molecule has 224 valence electrons. The van der Waals surface area contributed by atoms with Gasteiger partial charge in [0.25, 0.3) is 0 Å². The number of aliphatic hydroxyl groups excluding tert-OH is 1. The zero-order valence-corrected chi connectivity index (χ0v) is 23.3. The molecule has 4 N–H and O–H groups in total. The van der Waals surface area contributed by atoms with Crippen LogP contribution in [-0.2, 0) is 20.4 Å². The number of methoxy groups -OCH3 is 1. The number of halogens is 4. The number of amides is 1. The Balaban J connectivity index is 1.45. The van der Waals surface area contributed by atoms with E-state index in [9.17, 15) is 23.1 Å². The number of benzene rings is 2. The van der Waals surface area contributed by atoms with Gasteiger partial charge in [0.1, 0.15) is 35.6 Å². The lowest BCUT2D eigenvalue weighted by Crippen LogP contribution is -2.32. The molecule has 1 aliphatic rings. The van der Waals surface area contributed by atoms with E-state index in [0.29, 0.717) is 41.4 Å². The Bertz CT molecular complexity index is 1420. The monoisotopic (exact) mass is 607 g/mol. The number of aromatic nitrogens is 2. The van der Waals surface area contributed by atoms with E-state index in [1.165, 1.54) is 31.6 Å². The highest BCUT2D eigenvalue weighted by molar-refractivity contribution is 6.32. The number of hydrogen-bond acceptors (Lipinski definition) is 9. The van der Waals surface area contributed by atoms with Crippen molar-refractivity contribution >= 4 is 40.9 Å². The van der Waals surface area contributed by atoms with Crippen molar-refractivity contribution in [3.63, 3.8) is 0 Å².